The van der Waals surface area contributed by atoms with Gasteiger partial charge in [0.15, 0.2) is 0 Å². The van der Waals surface area contributed by atoms with Gasteiger partial charge in [-0.15, -0.1) is 11.3 Å². The Morgan fingerprint density at radius 3 is 2.83 bits per heavy atom. The first-order valence-electron chi connectivity index (χ1n) is 8.24. The number of nitrogens with zero attached hydrogens (tertiary/aromatic N) is 2. The largest absolute Gasteiger partial charge is 0.306 e. The van der Waals surface area contributed by atoms with Crippen LogP contribution in [0, 0.1) is 12.8 Å². The summed E-state index contributed by atoms with van der Waals surface area (Å²) in [6.07, 6.45) is 3.43. The van der Waals surface area contributed by atoms with Crippen molar-refractivity contribution < 1.29 is 4.79 Å². The van der Waals surface area contributed by atoms with E-state index in [9.17, 15) is 4.79 Å². The van der Waals surface area contributed by atoms with Crippen molar-refractivity contribution in [2.45, 2.75) is 59.4 Å². The maximum Gasteiger partial charge on any atom is 0.266 e. The molecule has 23 heavy (non-hydrogen) atoms. The topological polar surface area (TPSA) is 46.9 Å². The number of hydrogen-bond acceptors (Lipinski definition) is 3. The number of thiophene rings is 1. The summed E-state index contributed by atoms with van der Waals surface area (Å²) in [5, 5.41) is 7.56. The molecule has 3 rings (SSSR count). The van der Waals surface area contributed by atoms with Crippen molar-refractivity contribution in [2.24, 2.45) is 5.92 Å². The van der Waals surface area contributed by atoms with E-state index in [1.807, 2.05) is 17.7 Å². The third-order valence-corrected chi connectivity index (χ3v) is 5.50. The van der Waals surface area contributed by atoms with E-state index in [0.29, 0.717) is 0 Å². The summed E-state index contributed by atoms with van der Waals surface area (Å²) < 4.78 is 1.88. The number of aryl methyl sites for hydroxylation is 2. The summed E-state index contributed by atoms with van der Waals surface area (Å²) in [6, 6.07) is 4.01. The number of carbonyl (C=O) groups excluding carboxylic acids is 1. The number of nitrogens with one attached hydrogen (secondary N) is 1. The van der Waals surface area contributed by atoms with Crippen LogP contribution in [-0.4, -0.2) is 15.7 Å². The van der Waals surface area contributed by atoms with Gasteiger partial charge < -0.3 is 5.32 Å². The average Bonchev–Trinajstić information content (AvgIpc) is 3.01. The normalized spacial score (nSPS) is 17.9. The van der Waals surface area contributed by atoms with Crippen LogP contribution in [0.25, 0.3) is 0 Å². The van der Waals surface area contributed by atoms with Gasteiger partial charge in [-0.3, -0.25) is 4.79 Å². The van der Waals surface area contributed by atoms with Gasteiger partial charge in [0.2, 0.25) is 0 Å². The standard InChI is InChI=1S/C18H25N3OS/c1-11-6-7-14-13(8-11)10-15(23-14)17(22)19-16-9-12(2)20-21(16)18(3,4)5/h9-11H,6-8H2,1-5H3,(H,19,22). The second-order valence-corrected chi connectivity index (χ2v) is 8.75. The van der Waals surface area contributed by atoms with Crippen LogP contribution >= 0.6 is 11.3 Å². The SMILES string of the molecule is Cc1cc(NC(=O)c2cc3c(s2)CCC(C)C3)n(C(C)(C)C)n1. The minimum atomic E-state index is -0.166. The monoisotopic (exact) mass is 331 g/mol. The summed E-state index contributed by atoms with van der Waals surface area (Å²) in [5.74, 6) is 1.46. The van der Waals surface area contributed by atoms with Crippen molar-refractivity contribution in [3.05, 3.63) is 33.1 Å². The lowest BCUT2D eigenvalue weighted by Gasteiger charge is -2.22. The maximum absolute atomic E-state index is 12.7. The lowest BCUT2D eigenvalue weighted by atomic mass is 9.90. The molecule has 4 nitrogen and oxygen atoms in total. The smallest absolute Gasteiger partial charge is 0.266 e. The van der Waals surface area contributed by atoms with E-state index in [0.717, 1.165) is 35.1 Å². The first-order chi connectivity index (χ1) is 10.7. The van der Waals surface area contributed by atoms with Crippen molar-refractivity contribution in [1.82, 2.24) is 9.78 Å². The minimum absolute atomic E-state index is 0.0255. The molecule has 124 valence electrons. The number of amides is 1. The third-order valence-electron chi connectivity index (χ3n) is 4.26. The van der Waals surface area contributed by atoms with Gasteiger partial charge in [-0.2, -0.15) is 5.10 Å². The quantitative estimate of drug-likeness (QED) is 0.887. The van der Waals surface area contributed by atoms with Gasteiger partial charge in [0.05, 0.1) is 16.1 Å². The molecule has 0 aromatic carbocycles. The van der Waals surface area contributed by atoms with Crippen molar-refractivity contribution in [3.8, 4) is 0 Å². The molecule has 1 aliphatic rings. The maximum atomic E-state index is 12.7. The molecule has 2 aromatic rings. The molecule has 0 spiro atoms. The zero-order valence-electron chi connectivity index (χ0n) is 14.6. The van der Waals surface area contributed by atoms with E-state index >= 15 is 0 Å². The Balaban J connectivity index is 1.83. The number of carbonyl (C=O) groups is 1. The molecule has 1 aliphatic carbocycles. The Kier molecular flexibility index (Phi) is 4.08. The van der Waals surface area contributed by atoms with Gasteiger partial charge in [0.1, 0.15) is 5.82 Å². The first kappa shape index (κ1) is 16.2. The summed E-state index contributed by atoms with van der Waals surface area (Å²) in [4.78, 5) is 14.9. The molecule has 1 amide bonds. The van der Waals surface area contributed by atoms with Gasteiger partial charge in [-0.05, 0) is 64.5 Å². The Labute approximate surface area is 141 Å². The highest BCUT2D eigenvalue weighted by Crippen LogP contribution is 2.32. The lowest BCUT2D eigenvalue weighted by Crippen LogP contribution is -2.26. The summed E-state index contributed by atoms with van der Waals surface area (Å²) in [6.45, 7) is 10.5. The summed E-state index contributed by atoms with van der Waals surface area (Å²) in [5.41, 5.74) is 2.11. The van der Waals surface area contributed by atoms with E-state index in [1.165, 1.54) is 16.9 Å². The Morgan fingerprint density at radius 1 is 1.39 bits per heavy atom. The second kappa shape index (κ2) is 5.78. The molecule has 2 aromatic heterocycles. The molecule has 0 bridgehead atoms. The van der Waals surface area contributed by atoms with E-state index in [-0.39, 0.29) is 11.4 Å². The molecule has 0 saturated heterocycles. The van der Waals surface area contributed by atoms with Gasteiger partial charge in [-0.25, -0.2) is 4.68 Å². The predicted molar refractivity (Wildman–Crippen MR) is 95.4 cm³/mol. The van der Waals surface area contributed by atoms with Crippen molar-refractivity contribution in [2.75, 3.05) is 5.32 Å². The van der Waals surface area contributed by atoms with Crippen LogP contribution in [-0.2, 0) is 18.4 Å². The highest BCUT2D eigenvalue weighted by Gasteiger charge is 2.23. The molecule has 1 atom stereocenters. The van der Waals surface area contributed by atoms with E-state index in [2.05, 4.69) is 44.2 Å². The summed E-state index contributed by atoms with van der Waals surface area (Å²) >= 11 is 1.64. The zero-order valence-corrected chi connectivity index (χ0v) is 15.4. The number of anilines is 1. The van der Waals surface area contributed by atoms with Crippen LogP contribution in [0.5, 0.6) is 0 Å². The minimum Gasteiger partial charge on any atom is -0.306 e. The number of fused-ring (bicyclic) bond motifs is 1. The number of hydrogen-bond donors (Lipinski definition) is 1. The molecule has 2 heterocycles. The molecule has 5 heteroatoms. The molecule has 1 unspecified atom stereocenters. The number of aromatic nitrogens is 2. The van der Waals surface area contributed by atoms with E-state index in [1.54, 1.807) is 11.3 Å². The van der Waals surface area contributed by atoms with Crippen molar-refractivity contribution in [1.29, 1.82) is 0 Å². The van der Waals surface area contributed by atoms with Crippen LogP contribution in [0.1, 0.15) is 59.9 Å². The van der Waals surface area contributed by atoms with Crippen LogP contribution in [0.3, 0.4) is 0 Å². The van der Waals surface area contributed by atoms with Gasteiger partial charge in [-0.1, -0.05) is 6.92 Å². The fraction of sp³-hybridized carbons (Fsp3) is 0.556. The molecule has 0 saturated carbocycles. The van der Waals surface area contributed by atoms with Gasteiger partial charge in [0, 0.05) is 10.9 Å². The van der Waals surface area contributed by atoms with Crippen LogP contribution in [0.4, 0.5) is 5.82 Å². The van der Waals surface area contributed by atoms with E-state index in [4.69, 9.17) is 0 Å². The summed E-state index contributed by atoms with van der Waals surface area (Å²) in [7, 11) is 0. The van der Waals surface area contributed by atoms with E-state index < -0.39 is 0 Å². The Bertz CT molecular complexity index is 736. The lowest BCUT2D eigenvalue weighted by molar-refractivity contribution is 0.102. The molecule has 0 fully saturated rings. The van der Waals surface area contributed by atoms with Crippen LogP contribution in [0.2, 0.25) is 0 Å². The van der Waals surface area contributed by atoms with Crippen molar-refractivity contribution in [3.63, 3.8) is 0 Å². The third kappa shape index (κ3) is 3.34. The molecule has 1 N–H and O–H groups in total. The Hall–Kier alpha value is -1.62. The Morgan fingerprint density at radius 2 is 2.13 bits per heavy atom. The molecular formula is C18H25N3OS. The van der Waals surface area contributed by atoms with Crippen LogP contribution in [0.15, 0.2) is 12.1 Å². The van der Waals surface area contributed by atoms with Gasteiger partial charge in [0.25, 0.3) is 5.91 Å². The zero-order chi connectivity index (χ0) is 16.8. The fourth-order valence-corrected chi connectivity index (χ4v) is 4.20. The molecule has 0 radical (unpaired) electrons. The molecule has 0 aliphatic heterocycles. The molecular weight excluding hydrogens is 306 g/mol. The van der Waals surface area contributed by atoms with Crippen molar-refractivity contribution >= 4 is 23.1 Å². The second-order valence-electron chi connectivity index (χ2n) is 7.61. The first-order valence-corrected chi connectivity index (χ1v) is 9.06. The fourth-order valence-electron chi connectivity index (χ4n) is 3.10. The highest BCUT2D eigenvalue weighted by molar-refractivity contribution is 7.14. The number of rotatable bonds is 2. The van der Waals surface area contributed by atoms with Gasteiger partial charge >= 0.3 is 0 Å². The predicted octanol–water partition coefficient (Wildman–Crippen LogP) is 4.39. The van der Waals surface area contributed by atoms with Crippen LogP contribution < -0.4 is 5.32 Å². The highest BCUT2D eigenvalue weighted by atomic mass is 32.1. The average molecular weight is 331 g/mol.